The molecule has 1 amide bonds. The Hall–Kier alpha value is -4.63. The van der Waals surface area contributed by atoms with Crippen molar-refractivity contribution in [1.29, 1.82) is 0 Å². The van der Waals surface area contributed by atoms with E-state index in [4.69, 9.17) is 19.9 Å². The molecule has 0 unspecified atom stereocenters. The highest BCUT2D eigenvalue weighted by Crippen LogP contribution is 2.27. The second-order valence-electron chi connectivity index (χ2n) is 8.10. The molecule has 1 aliphatic rings. The molecule has 182 valence electrons. The van der Waals surface area contributed by atoms with E-state index in [1.807, 2.05) is 42.5 Å². The fourth-order valence-corrected chi connectivity index (χ4v) is 3.73. The molecule has 1 saturated heterocycles. The van der Waals surface area contributed by atoms with Crippen LogP contribution in [0.4, 0.5) is 17.2 Å². The fraction of sp³-hybridized carbons (Fsp3) is 0.148. The maximum atomic E-state index is 12.9. The number of morpholine rings is 1. The van der Waals surface area contributed by atoms with E-state index in [1.54, 1.807) is 41.3 Å². The molecule has 0 radical (unpaired) electrons. The van der Waals surface area contributed by atoms with Crippen LogP contribution in [0.5, 0.6) is 23.1 Å². The summed E-state index contributed by atoms with van der Waals surface area (Å²) in [6.07, 6.45) is 1.40. The molecule has 1 aliphatic heterocycles. The Morgan fingerprint density at radius 1 is 0.861 bits per heavy atom. The zero-order valence-corrected chi connectivity index (χ0v) is 19.5. The van der Waals surface area contributed by atoms with Gasteiger partial charge < -0.3 is 30.2 Å². The van der Waals surface area contributed by atoms with Crippen molar-refractivity contribution >= 4 is 23.1 Å². The second kappa shape index (κ2) is 10.7. The minimum absolute atomic E-state index is 0.0833. The summed E-state index contributed by atoms with van der Waals surface area (Å²) in [6, 6.07) is 23.6. The van der Waals surface area contributed by atoms with Gasteiger partial charge in [0, 0.05) is 36.1 Å². The number of anilines is 3. The van der Waals surface area contributed by atoms with E-state index in [9.17, 15) is 4.79 Å². The van der Waals surface area contributed by atoms with Crippen molar-refractivity contribution < 1.29 is 19.0 Å². The molecule has 1 fully saturated rings. The first-order valence-electron chi connectivity index (χ1n) is 11.5. The summed E-state index contributed by atoms with van der Waals surface area (Å²) < 4.78 is 17.0. The predicted molar refractivity (Wildman–Crippen MR) is 136 cm³/mol. The van der Waals surface area contributed by atoms with Crippen molar-refractivity contribution in [1.82, 2.24) is 14.9 Å². The van der Waals surface area contributed by atoms with Crippen LogP contribution in [-0.4, -0.2) is 47.1 Å². The Morgan fingerprint density at radius 2 is 1.56 bits per heavy atom. The fourth-order valence-electron chi connectivity index (χ4n) is 3.73. The summed E-state index contributed by atoms with van der Waals surface area (Å²) in [7, 11) is 0. The minimum Gasteiger partial charge on any atom is -0.457 e. The molecule has 0 atom stereocenters. The van der Waals surface area contributed by atoms with Crippen molar-refractivity contribution in [3.8, 4) is 23.1 Å². The summed E-state index contributed by atoms with van der Waals surface area (Å²) in [5.41, 5.74) is 7.68. The van der Waals surface area contributed by atoms with E-state index >= 15 is 0 Å². The molecule has 0 spiro atoms. The standard InChI is InChI=1S/C27H25N5O4/c28-20-14-19(27(33)32-10-12-34-13-11-32)15-21(16-20)31-25-17-26(30-18-29-25)36-24-8-6-23(7-9-24)35-22-4-2-1-3-5-22/h1-9,14-18H,10-13,28H2,(H,29,30,31). The van der Waals surface area contributed by atoms with Gasteiger partial charge in [-0.15, -0.1) is 0 Å². The van der Waals surface area contributed by atoms with Gasteiger partial charge in [-0.3, -0.25) is 4.79 Å². The third-order valence-corrected chi connectivity index (χ3v) is 5.44. The maximum Gasteiger partial charge on any atom is 0.254 e. The molecular formula is C27H25N5O4. The van der Waals surface area contributed by atoms with Crippen LogP contribution in [0, 0.1) is 0 Å². The lowest BCUT2D eigenvalue weighted by Crippen LogP contribution is -2.40. The number of hydrogen-bond donors (Lipinski definition) is 2. The second-order valence-corrected chi connectivity index (χ2v) is 8.10. The molecule has 0 aliphatic carbocycles. The number of carbonyl (C=O) groups excluding carboxylic acids is 1. The number of nitrogen functional groups attached to an aromatic ring is 1. The summed E-state index contributed by atoms with van der Waals surface area (Å²) in [5, 5.41) is 3.18. The average Bonchev–Trinajstić information content (AvgIpc) is 2.90. The Balaban J connectivity index is 1.25. The number of amides is 1. The number of carbonyl (C=O) groups is 1. The summed E-state index contributed by atoms with van der Waals surface area (Å²) >= 11 is 0. The topological polar surface area (TPSA) is 112 Å². The van der Waals surface area contributed by atoms with Gasteiger partial charge in [0.05, 0.1) is 13.2 Å². The highest BCUT2D eigenvalue weighted by molar-refractivity contribution is 5.96. The number of nitrogens with two attached hydrogens (primary N) is 1. The molecular weight excluding hydrogens is 458 g/mol. The van der Waals surface area contributed by atoms with Gasteiger partial charge in [-0.1, -0.05) is 18.2 Å². The van der Waals surface area contributed by atoms with Crippen molar-refractivity contribution in [3.63, 3.8) is 0 Å². The number of para-hydroxylation sites is 1. The summed E-state index contributed by atoms with van der Waals surface area (Å²) in [4.78, 5) is 23.1. The number of hydrogen-bond acceptors (Lipinski definition) is 8. The number of ether oxygens (including phenoxy) is 3. The van der Waals surface area contributed by atoms with Crippen LogP contribution in [0.3, 0.4) is 0 Å². The van der Waals surface area contributed by atoms with E-state index in [1.165, 1.54) is 6.33 Å². The lowest BCUT2D eigenvalue weighted by molar-refractivity contribution is 0.0303. The smallest absolute Gasteiger partial charge is 0.254 e. The molecule has 9 nitrogen and oxygen atoms in total. The van der Waals surface area contributed by atoms with Crippen LogP contribution in [0.2, 0.25) is 0 Å². The molecule has 5 rings (SSSR count). The van der Waals surface area contributed by atoms with Crippen LogP contribution in [0.25, 0.3) is 0 Å². The maximum absolute atomic E-state index is 12.9. The van der Waals surface area contributed by atoms with E-state index in [0.29, 0.717) is 66.4 Å². The largest absolute Gasteiger partial charge is 0.457 e. The average molecular weight is 484 g/mol. The van der Waals surface area contributed by atoms with Crippen molar-refractivity contribution in [2.75, 3.05) is 37.4 Å². The molecule has 2 heterocycles. The SMILES string of the molecule is Nc1cc(Nc2cc(Oc3ccc(Oc4ccccc4)cc3)ncn2)cc(C(=O)N2CCOCC2)c1. The first-order valence-corrected chi connectivity index (χ1v) is 11.5. The predicted octanol–water partition coefficient (Wildman–Crippen LogP) is 4.86. The number of aromatic nitrogens is 2. The third kappa shape index (κ3) is 5.89. The summed E-state index contributed by atoms with van der Waals surface area (Å²) in [6.45, 7) is 2.18. The van der Waals surface area contributed by atoms with Gasteiger partial charge in [-0.05, 0) is 54.6 Å². The van der Waals surface area contributed by atoms with Crippen molar-refractivity contribution in [2.24, 2.45) is 0 Å². The zero-order valence-electron chi connectivity index (χ0n) is 19.5. The Labute approximate surface area is 208 Å². The van der Waals surface area contributed by atoms with Crippen LogP contribution in [0.1, 0.15) is 10.4 Å². The Bertz CT molecular complexity index is 1330. The Kier molecular flexibility index (Phi) is 6.90. The molecule has 9 heteroatoms. The molecule has 0 bridgehead atoms. The number of nitrogens with one attached hydrogen (secondary N) is 1. The minimum atomic E-state index is -0.0833. The Morgan fingerprint density at radius 3 is 2.31 bits per heavy atom. The molecule has 3 aromatic carbocycles. The quantitative estimate of drug-likeness (QED) is 0.359. The van der Waals surface area contributed by atoms with Crippen LogP contribution >= 0.6 is 0 Å². The molecule has 4 aromatic rings. The normalized spacial score (nSPS) is 13.2. The van der Waals surface area contributed by atoms with Crippen molar-refractivity contribution in [2.45, 2.75) is 0 Å². The highest BCUT2D eigenvalue weighted by Gasteiger charge is 2.19. The molecule has 0 saturated carbocycles. The number of rotatable bonds is 7. The molecule has 36 heavy (non-hydrogen) atoms. The zero-order chi connectivity index (χ0) is 24.7. The monoisotopic (exact) mass is 483 g/mol. The molecule has 3 N–H and O–H groups in total. The van der Waals surface area contributed by atoms with Crippen LogP contribution in [0.15, 0.2) is 85.2 Å². The van der Waals surface area contributed by atoms with Crippen molar-refractivity contribution in [3.05, 3.63) is 90.8 Å². The van der Waals surface area contributed by atoms with E-state index in [0.717, 1.165) is 5.75 Å². The van der Waals surface area contributed by atoms with Crippen LogP contribution in [-0.2, 0) is 4.74 Å². The summed E-state index contributed by atoms with van der Waals surface area (Å²) in [5.74, 6) is 2.83. The van der Waals surface area contributed by atoms with Gasteiger partial charge in [-0.25, -0.2) is 9.97 Å². The van der Waals surface area contributed by atoms with E-state index in [2.05, 4.69) is 15.3 Å². The van der Waals surface area contributed by atoms with Crippen LogP contribution < -0.4 is 20.5 Å². The van der Waals surface area contributed by atoms with Gasteiger partial charge in [-0.2, -0.15) is 0 Å². The highest BCUT2D eigenvalue weighted by atomic mass is 16.5. The molecule has 1 aromatic heterocycles. The van der Waals surface area contributed by atoms with Gasteiger partial charge >= 0.3 is 0 Å². The lowest BCUT2D eigenvalue weighted by atomic mass is 10.1. The lowest BCUT2D eigenvalue weighted by Gasteiger charge is -2.27. The number of nitrogens with zero attached hydrogens (tertiary/aromatic N) is 3. The van der Waals surface area contributed by atoms with E-state index in [-0.39, 0.29) is 5.91 Å². The van der Waals surface area contributed by atoms with Gasteiger partial charge in [0.2, 0.25) is 5.88 Å². The first-order chi connectivity index (χ1) is 17.6. The van der Waals surface area contributed by atoms with Gasteiger partial charge in [0.1, 0.15) is 29.4 Å². The first kappa shape index (κ1) is 23.1. The van der Waals surface area contributed by atoms with Gasteiger partial charge in [0.25, 0.3) is 5.91 Å². The van der Waals surface area contributed by atoms with Gasteiger partial charge in [0.15, 0.2) is 0 Å². The number of benzene rings is 3. The third-order valence-electron chi connectivity index (χ3n) is 5.44. The van der Waals surface area contributed by atoms with E-state index < -0.39 is 0 Å².